The highest BCUT2D eigenvalue weighted by atomic mass is 32.2. The molecule has 0 aliphatic heterocycles. The van der Waals surface area contributed by atoms with Crippen molar-refractivity contribution in [3.8, 4) is 0 Å². The minimum absolute atomic E-state index is 0.00996. The summed E-state index contributed by atoms with van der Waals surface area (Å²) in [6.07, 6.45) is 5.68. The van der Waals surface area contributed by atoms with Gasteiger partial charge in [-0.2, -0.15) is 0 Å². The number of carbonyl (C=O) groups excluding carboxylic acids is 1. The maximum atomic E-state index is 12.8. The first-order valence-corrected chi connectivity index (χ1v) is 11.7. The summed E-state index contributed by atoms with van der Waals surface area (Å²) in [6, 6.07) is 17.3. The summed E-state index contributed by atoms with van der Waals surface area (Å²) in [4.78, 5) is 24.3. The minimum atomic E-state index is -3.95. The number of ketones is 1. The molecule has 0 unspecified atom stereocenters. The molecule has 1 saturated carbocycles. The van der Waals surface area contributed by atoms with Gasteiger partial charge < -0.3 is 9.67 Å². The Bertz CT molecular complexity index is 1310. The van der Waals surface area contributed by atoms with Gasteiger partial charge in [-0.05, 0) is 49.6 Å². The highest BCUT2D eigenvalue weighted by Gasteiger charge is 2.61. The molecule has 1 aliphatic carbocycles. The first-order valence-electron chi connectivity index (χ1n) is 10.3. The van der Waals surface area contributed by atoms with Gasteiger partial charge in [-0.15, -0.1) is 0 Å². The van der Waals surface area contributed by atoms with Crippen LogP contribution in [0, 0.1) is 6.92 Å². The van der Waals surface area contributed by atoms with E-state index in [1.54, 1.807) is 36.4 Å². The van der Waals surface area contributed by atoms with Crippen molar-refractivity contribution < 1.29 is 23.1 Å². The Kier molecular flexibility index (Phi) is 5.60. The van der Waals surface area contributed by atoms with Crippen LogP contribution in [0.2, 0.25) is 0 Å². The third-order valence-electron chi connectivity index (χ3n) is 5.77. The summed E-state index contributed by atoms with van der Waals surface area (Å²) in [5, 5.41) is 9.36. The van der Waals surface area contributed by atoms with Crippen LogP contribution in [0.3, 0.4) is 0 Å². The molecule has 1 aliphatic rings. The number of aliphatic carboxylic acids is 1. The molecule has 32 heavy (non-hydrogen) atoms. The van der Waals surface area contributed by atoms with Crippen LogP contribution in [0.5, 0.6) is 0 Å². The summed E-state index contributed by atoms with van der Waals surface area (Å²) < 4.78 is 25.7. The third kappa shape index (κ3) is 3.91. The van der Waals surface area contributed by atoms with Crippen LogP contribution in [0.25, 0.3) is 6.08 Å². The maximum Gasteiger partial charge on any atom is 0.325 e. The van der Waals surface area contributed by atoms with Crippen LogP contribution < -0.4 is 0 Å². The van der Waals surface area contributed by atoms with Crippen LogP contribution in [0.1, 0.15) is 40.0 Å². The molecule has 2 aromatic carbocycles. The van der Waals surface area contributed by atoms with E-state index in [-0.39, 0.29) is 23.5 Å². The maximum absolute atomic E-state index is 12.8. The molecule has 1 heterocycles. The van der Waals surface area contributed by atoms with Gasteiger partial charge in [0, 0.05) is 18.3 Å². The zero-order valence-corrected chi connectivity index (χ0v) is 18.4. The smallest absolute Gasteiger partial charge is 0.325 e. The van der Waals surface area contributed by atoms with E-state index < -0.39 is 20.6 Å². The predicted octanol–water partition coefficient (Wildman–Crippen LogP) is 4.13. The van der Waals surface area contributed by atoms with E-state index in [0.717, 1.165) is 5.56 Å². The Morgan fingerprint density at radius 1 is 1.06 bits per heavy atom. The second-order valence-corrected chi connectivity index (χ2v) is 10.3. The van der Waals surface area contributed by atoms with Gasteiger partial charge in [-0.25, -0.2) is 8.42 Å². The van der Waals surface area contributed by atoms with Crippen molar-refractivity contribution in [3.05, 3.63) is 95.3 Å². The summed E-state index contributed by atoms with van der Waals surface area (Å²) in [7, 11) is -3.95. The zero-order valence-electron chi connectivity index (χ0n) is 17.6. The molecule has 1 fully saturated rings. The number of aromatic nitrogens is 1. The minimum Gasteiger partial charge on any atom is -0.480 e. The molecule has 4 rings (SSSR count). The van der Waals surface area contributed by atoms with E-state index >= 15 is 0 Å². The molecule has 7 heteroatoms. The van der Waals surface area contributed by atoms with Crippen molar-refractivity contribution in [2.45, 2.75) is 36.0 Å². The normalized spacial score (nSPS) is 15.0. The number of sulfone groups is 1. The van der Waals surface area contributed by atoms with Crippen molar-refractivity contribution in [2.24, 2.45) is 0 Å². The fourth-order valence-corrected chi connectivity index (χ4v) is 5.53. The predicted molar refractivity (Wildman–Crippen MR) is 121 cm³/mol. The van der Waals surface area contributed by atoms with Crippen LogP contribution in [0.4, 0.5) is 0 Å². The van der Waals surface area contributed by atoms with Gasteiger partial charge >= 0.3 is 5.97 Å². The lowest BCUT2D eigenvalue weighted by molar-refractivity contribution is -0.137. The van der Waals surface area contributed by atoms with Crippen molar-refractivity contribution in [1.29, 1.82) is 0 Å². The topological polar surface area (TPSA) is 93.4 Å². The molecule has 0 spiro atoms. The fourth-order valence-electron chi connectivity index (χ4n) is 3.66. The van der Waals surface area contributed by atoms with Gasteiger partial charge in [0.05, 0.1) is 10.6 Å². The quantitative estimate of drug-likeness (QED) is 0.522. The molecule has 6 nitrogen and oxygen atoms in total. The number of carboxylic acids is 1. The standard InChI is InChI=1S/C25H23NO5S/c1-18-9-11-20(12-10-18)23(27)22-8-4-16-26(22)15-3-6-19-5-2-7-21(17-19)32(30,31)25(13-14-25)24(28)29/h2-12,16-17H,13-15H2,1H3,(H,28,29)/b6-3+. The highest BCUT2D eigenvalue weighted by molar-refractivity contribution is 7.94. The van der Waals surface area contributed by atoms with Gasteiger partial charge in [0.15, 0.2) is 14.6 Å². The molecular weight excluding hydrogens is 426 g/mol. The SMILES string of the molecule is Cc1ccc(C(=O)c2cccn2C/C=C/c2cccc(S(=O)(=O)C3(C(=O)O)CC3)c2)cc1. The highest BCUT2D eigenvalue weighted by Crippen LogP contribution is 2.47. The van der Waals surface area contributed by atoms with Crippen molar-refractivity contribution in [1.82, 2.24) is 4.57 Å². The Morgan fingerprint density at radius 2 is 1.78 bits per heavy atom. The van der Waals surface area contributed by atoms with Crippen LogP contribution in [-0.4, -0.2) is 34.6 Å². The number of rotatable bonds is 8. The van der Waals surface area contributed by atoms with Crippen molar-refractivity contribution in [2.75, 3.05) is 0 Å². The summed E-state index contributed by atoms with van der Waals surface area (Å²) in [6.45, 7) is 2.39. The Hall–Kier alpha value is -3.45. The number of benzene rings is 2. The van der Waals surface area contributed by atoms with Crippen LogP contribution in [0.15, 0.2) is 77.8 Å². The summed E-state index contributed by atoms with van der Waals surface area (Å²) >= 11 is 0. The van der Waals surface area contributed by atoms with E-state index in [0.29, 0.717) is 23.4 Å². The molecule has 0 radical (unpaired) electrons. The van der Waals surface area contributed by atoms with E-state index in [9.17, 15) is 23.1 Å². The second-order valence-electron chi connectivity index (χ2n) is 8.02. The lowest BCUT2D eigenvalue weighted by atomic mass is 10.1. The molecular formula is C25H23NO5S. The number of nitrogens with zero attached hydrogens (tertiary/aromatic N) is 1. The Labute approximate surface area is 186 Å². The second kappa shape index (κ2) is 8.24. The van der Waals surface area contributed by atoms with Crippen LogP contribution >= 0.6 is 0 Å². The number of allylic oxidation sites excluding steroid dienone is 1. The number of hydrogen-bond acceptors (Lipinski definition) is 4. The third-order valence-corrected chi connectivity index (χ3v) is 8.25. The molecule has 1 N–H and O–H groups in total. The van der Waals surface area contributed by atoms with Crippen molar-refractivity contribution in [3.63, 3.8) is 0 Å². The lowest BCUT2D eigenvalue weighted by Crippen LogP contribution is -2.32. The molecule has 0 saturated heterocycles. The zero-order chi connectivity index (χ0) is 22.9. The summed E-state index contributed by atoms with van der Waals surface area (Å²) in [5.74, 6) is -1.36. The molecule has 164 valence electrons. The monoisotopic (exact) mass is 449 g/mol. The molecule has 0 amide bonds. The molecule has 0 atom stereocenters. The molecule has 1 aromatic heterocycles. The van der Waals surface area contributed by atoms with Gasteiger partial charge in [0.1, 0.15) is 0 Å². The fraction of sp³-hybridized carbons (Fsp3) is 0.200. The van der Waals surface area contributed by atoms with Gasteiger partial charge in [0.2, 0.25) is 5.78 Å². The van der Waals surface area contributed by atoms with E-state index in [1.807, 2.05) is 42.0 Å². The first-order chi connectivity index (χ1) is 15.2. The number of carbonyl (C=O) groups is 2. The number of aryl methyl sites for hydroxylation is 1. The van der Waals surface area contributed by atoms with Gasteiger partial charge in [0.25, 0.3) is 0 Å². The molecule has 0 bridgehead atoms. The van der Waals surface area contributed by atoms with E-state index in [4.69, 9.17) is 0 Å². The Morgan fingerprint density at radius 3 is 2.44 bits per heavy atom. The summed E-state index contributed by atoms with van der Waals surface area (Å²) in [5.41, 5.74) is 2.91. The Balaban J connectivity index is 1.51. The van der Waals surface area contributed by atoms with E-state index in [1.165, 1.54) is 12.1 Å². The van der Waals surface area contributed by atoms with E-state index in [2.05, 4.69) is 0 Å². The van der Waals surface area contributed by atoms with Gasteiger partial charge in [-0.1, -0.05) is 54.1 Å². The average molecular weight is 450 g/mol. The molecule has 3 aromatic rings. The average Bonchev–Trinajstić information content (AvgIpc) is 3.48. The lowest BCUT2D eigenvalue weighted by Gasteiger charge is -2.12. The largest absolute Gasteiger partial charge is 0.480 e. The first kappa shape index (κ1) is 21.8. The number of hydrogen-bond donors (Lipinski definition) is 1. The van der Waals surface area contributed by atoms with Crippen molar-refractivity contribution >= 4 is 27.7 Å². The van der Waals surface area contributed by atoms with Crippen LogP contribution in [-0.2, 0) is 21.2 Å². The van der Waals surface area contributed by atoms with Gasteiger partial charge in [-0.3, -0.25) is 9.59 Å². The number of carboxylic acid groups (broad SMARTS) is 1.